The Morgan fingerprint density at radius 1 is 1.29 bits per heavy atom. The van der Waals surface area contributed by atoms with Crippen LogP contribution in [0.3, 0.4) is 0 Å². The van der Waals surface area contributed by atoms with Crippen molar-refractivity contribution in [1.82, 2.24) is 15.2 Å². The van der Waals surface area contributed by atoms with E-state index in [1.165, 1.54) is 0 Å². The summed E-state index contributed by atoms with van der Waals surface area (Å²) in [5.74, 6) is 0.871. The number of likely N-dealkylation sites (N-methyl/N-ethyl adjacent to an activating group) is 1. The molecule has 1 N–H and O–H groups in total. The lowest BCUT2D eigenvalue weighted by molar-refractivity contribution is 0.0977. The van der Waals surface area contributed by atoms with E-state index in [-0.39, 0.29) is 11.7 Å². The van der Waals surface area contributed by atoms with E-state index < -0.39 is 0 Å². The van der Waals surface area contributed by atoms with Crippen molar-refractivity contribution >= 4 is 17.3 Å². The Labute approximate surface area is 123 Å². The predicted octanol–water partition coefficient (Wildman–Crippen LogP) is 1.85. The van der Waals surface area contributed by atoms with Crippen LogP contribution in [-0.4, -0.2) is 41.2 Å². The molecule has 0 radical (unpaired) electrons. The molecule has 2 heterocycles. The molecule has 0 fully saturated rings. The Bertz CT molecular complexity index is 651. The second-order valence-corrected chi connectivity index (χ2v) is 5.22. The maximum atomic E-state index is 12.6. The van der Waals surface area contributed by atoms with Crippen LogP contribution in [0.2, 0.25) is 0 Å². The van der Waals surface area contributed by atoms with E-state index in [9.17, 15) is 4.79 Å². The molecule has 6 heteroatoms. The first-order chi connectivity index (χ1) is 10.2. The van der Waals surface area contributed by atoms with E-state index in [2.05, 4.69) is 27.0 Å². The smallest absolute Gasteiger partial charge is 0.298 e. The number of aromatic nitrogens is 3. The van der Waals surface area contributed by atoms with E-state index in [1.54, 1.807) is 4.90 Å². The number of aryl methyl sites for hydroxylation is 1. The zero-order valence-corrected chi connectivity index (χ0v) is 12.3. The minimum atomic E-state index is -0.144. The van der Waals surface area contributed by atoms with Gasteiger partial charge in [-0.1, -0.05) is 19.1 Å². The zero-order valence-electron chi connectivity index (χ0n) is 12.3. The molecule has 0 spiro atoms. The van der Waals surface area contributed by atoms with Crippen molar-refractivity contribution in [1.29, 1.82) is 0 Å². The highest BCUT2D eigenvalue weighted by Gasteiger charge is 2.27. The molecule has 1 aromatic carbocycles. The summed E-state index contributed by atoms with van der Waals surface area (Å²) in [6.07, 6.45) is 1.78. The van der Waals surface area contributed by atoms with Crippen molar-refractivity contribution in [3.05, 3.63) is 35.9 Å². The SMILES string of the molecule is CCCc1nc(C(=O)N2CCN(C)c3ccccc32)n[nH]1. The van der Waals surface area contributed by atoms with Crippen LogP contribution in [0.15, 0.2) is 24.3 Å². The highest BCUT2D eigenvalue weighted by Crippen LogP contribution is 2.32. The van der Waals surface area contributed by atoms with E-state index in [1.807, 2.05) is 31.3 Å². The first-order valence-electron chi connectivity index (χ1n) is 7.24. The number of hydrogen-bond acceptors (Lipinski definition) is 4. The van der Waals surface area contributed by atoms with Crippen LogP contribution in [0.25, 0.3) is 0 Å². The van der Waals surface area contributed by atoms with Crippen molar-refractivity contribution in [3.63, 3.8) is 0 Å². The second kappa shape index (κ2) is 5.55. The van der Waals surface area contributed by atoms with Gasteiger partial charge in [0.1, 0.15) is 5.82 Å². The number of nitrogens with one attached hydrogen (secondary N) is 1. The summed E-state index contributed by atoms with van der Waals surface area (Å²) in [6.45, 7) is 3.51. The standard InChI is InChI=1S/C15H19N5O/c1-3-6-13-16-14(18-17-13)15(21)20-10-9-19(2)11-7-4-5-8-12(11)20/h4-5,7-8H,3,6,9-10H2,1-2H3,(H,16,17,18). The summed E-state index contributed by atoms with van der Waals surface area (Å²) >= 11 is 0. The molecule has 21 heavy (non-hydrogen) atoms. The maximum Gasteiger partial charge on any atom is 0.298 e. The molecule has 2 aromatic rings. The van der Waals surface area contributed by atoms with Crippen LogP contribution in [0.4, 0.5) is 11.4 Å². The van der Waals surface area contributed by atoms with Crippen LogP contribution in [0, 0.1) is 0 Å². The minimum absolute atomic E-state index is 0.144. The van der Waals surface area contributed by atoms with Crippen molar-refractivity contribution in [2.75, 3.05) is 29.9 Å². The van der Waals surface area contributed by atoms with Crippen LogP contribution < -0.4 is 9.80 Å². The summed E-state index contributed by atoms with van der Waals surface area (Å²) in [7, 11) is 2.03. The number of aromatic amines is 1. The largest absolute Gasteiger partial charge is 0.371 e. The molecule has 0 aliphatic carbocycles. The molecule has 1 amide bonds. The highest BCUT2D eigenvalue weighted by molar-refractivity contribution is 6.06. The number of benzene rings is 1. The van der Waals surface area contributed by atoms with Gasteiger partial charge in [-0.2, -0.15) is 0 Å². The van der Waals surface area contributed by atoms with E-state index in [4.69, 9.17) is 0 Å². The lowest BCUT2D eigenvalue weighted by atomic mass is 10.1. The Hall–Kier alpha value is -2.37. The van der Waals surface area contributed by atoms with E-state index >= 15 is 0 Å². The van der Waals surface area contributed by atoms with Gasteiger partial charge < -0.3 is 9.80 Å². The fourth-order valence-electron chi connectivity index (χ4n) is 2.58. The van der Waals surface area contributed by atoms with Gasteiger partial charge in [-0.05, 0) is 18.6 Å². The number of carbonyl (C=O) groups excluding carboxylic acids is 1. The van der Waals surface area contributed by atoms with Gasteiger partial charge in [-0.15, -0.1) is 5.10 Å². The molecule has 1 aliphatic rings. The molecule has 1 aromatic heterocycles. The first-order valence-corrected chi connectivity index (χ1v) is 7.24. The normalized spacial score (nSPS) is 14.2. The Morgan fingerprint density at radius 3 is 2.81 bits per heavy atom. The summed E-state index contributed by atoms with van der Waals surface area (Å²) in [5, 5.41) is 6.90. The average Bonchev–Trinajstić information content (AvgIpc) is 2.96. The minimum Gasteiger partial charge on any atom is -0.371 e. The number of hydrogen-bond donors (Lipinski definition) is 1. The molecule has 0 saturated heterocycles. The highest BCUT2D eigenvalue weighted by atomic mass is 16.2. The van der Waals surface area contributed by atoms with Gasteiger partial charge in [0.25, 0.3) is 5.91 Å². The number of amides is 1. The van der Waals surface area contributed by atoms with Gasteiger partial charge in [0.2, 0.25) is 5.82 Å². The fraction of sp³-hybridized carbons (Fsp3) is 0.400. The maximum absolute atomic E-state index is 12.6. The average molecular weight is 285 g/mol. The van der Waals surface area contributed by atoms with Crippen LogP contribution in [0.5, 0.6) is 0 Å². The third kappa shape index (κ3) is 2.49. The van der Waals surface area contributed by atoms with Gasteiger partial charge in [-0.3, -0.25) is 9.89 Å². The molecule has 0 unspecified atom stereocenters. The summed E-state index contributed by atoms with van der Waals surface area (Å²) < 4.78 is 0. The van der Waals surface area contributed by atoms with Crippen LogP contribution in [-0.2, 0) is 6.42 Å². The van der Waals surface area contributed by atoms with Crippen molar-refractivity contribution in [3.8, 4) is 0 Å². The number of carbonyl (C=O) groups is 1. The third-order valence-electron chi connectivity index (χ3n) is 3.70. The van der Waals surface area contributed by atoms with Crippen molar-refractivity contribution in [2.24, 2.45) is 0 Å². The number of para-hydroxylation sites is 2. The molecule has 0 saturated carbocycles. The lowest BCUT2D eigenvalue weighted by Crippen LogP contribution is -2.43. The summed E-state index contributed by atoms with van der Waals surface area (Å²) in [4.78, 5) is 20.9. The van der Waals surface area contributed by atoms with Gasteiger partial charge in [0, 0.05) is 26.6 Å². The van der Waals surface area contributed by atoms with Gasteiger partial charge in [-0.25, -0.2) is 4.98 Å². The van der Waals surface area contributed by atoms with E-state index in [0.29, 0.717) is 6.54 Å². The van der Waals surface area contributed by atoms with Gasteiger partial charge in [0.15, 0.2) is 0 Å². The fourth-order valence-corrected chi connectivity index (χ4v) is 2.58. The quantitative estimate of drug-likeness (QED) is 0.934. The molecule has 6 nitrogen and oxygen atoms in total. The topological polar surface area (TPSA) is 65.1 Å². The van der Waals surface area contributed by atoms with Crippen molar-refractivity contribution < 1.29 is 4.79 Å². The Morgan fingerprint density at radius 2 is 2.05 bits per heavy atom. The second-order valence-electron chi connectivity index (χ2n) is 5.22. The van der Waals surface area contributed by atoms with Gasteiger partial charge in [0.05, 0.1) is 11.4 Å². The Kier molecular flexibility index (Phi) is 3.60. The summed E-state index contributed by atoms with van der Waals surface area (Å²) in [5.41, 5.74) is 1.97. The Balaban J connectivity index is 1.89. The number of rotatable bonds is 3. The molecule has 0 bridgehead atoms. The molecule has 0 atom stereocenters. The number of nitrogens with zero attached hydrogens (tertiary/aromatic N) is 4. The monoisotopic (exact) mass is 285 g/mol. The lowest BCUT2D eigenvalue weighted by Gasteiger charge is -2.35. The van der Waals surface area contributed by atoms with Gasteiger partial charge >= 0.3 is 0 Å². The van der Waals surface area contributed by atoms with E-state index in [0.717, 1.165) is 36.6 Å². The van der Waals surface area contributed by atoms with Crippen LogP contribution >= 0.6 is 0 Å². The zero-order chi connectivity index (χ0) is 14.8. The number of fused-ring (bicyclic) bond motifs is 1. The van der Waals surface area contributed by atoms with Crippen molar-refractivity contribution in [2.45, 2.75) is 19.8 Å². The number of anilines is 2. The first kappa shape index (κ1) is 13.6. The molecule has 3 rings (SSSR count). The van der Waals surface area contributed by atoms with Crippen LogP contribution in [0.1, 0.15) is 29.8 Å². The summed E-state index contributed by atoms with van der Waals surface area (Å²) in [6, 6.07) is 7.91. The molecular weight excluding hydrogens is 266 g/mol. The predicted molar refractivity (Wildman–Crippen MR) is 81.8 cm³/mol. The third-order valence-corrected chi connectivity index (χ3v) is 3.70. The molecular formula is C15H19N5O. The molecule has 1 aliphatic heterocycles. The molecule has 110 valence electrons. The number of H-pyrrole nitrogens is 1.